The molecule has 1 aromatic rings. The van der Waals surface area contributed by atoms with Gasteiger partial charge >= 0.3 is 6.18 Å². The van der Waals surface area contributed by atoms with Gasteiger partial charge in [-0.25, -0.2) is 0 Å². The molecule has 20 heavy (non-hydrogen) atoms. The van der Waals surface area contributed by atoms with Gasteiger partial charge in [0.05, 0.1) is 5.56 Å². The number of hydrogen-bond acceptors (Lipinski definition) is 2. The van der Waals surface area contributed by atoms with E-state index >= 15 is 0 Å². The van der Waals surface area contributed by atoms with E-state index in [-0.39, 0.29) is 5.56 Å². The summed E-state index contributed by atoms with van der Waals surface area (Å²) in [5.41, 5.74) is -0.765. The average molecular weight is 286 g/mol. The van der Waals surface area contributed by atoms with Gasteiger partial charge in [-0.15, -0.1) is 0 Å². The third-order valence-corrected chi connectivity index (χ3v) is 3.31. The summed E-state index contributed by atoms with van der Waals surface area (Å²) in [5.74, 6) is 0.221. The molecule has 0 aliphatic carbocycles. The smallest absolute Gasteiger partial charge is 0.351 e. The summed E-state index contributed by atoms with van der Waals surface area (Å²) in [6.45, 7) is 5.35. The summed E-state index contributed by atoms with van der Waals surface area (Å²) < 4.78 is 37.6. The molecule has 1 saturated heterocycles. The van der Waals surface area contributed by atoms with Crippen LogP contribution in [0.15, 0.2) is 24.3 Å². The van der Waals surface area contributed by atoms with E-state index in [9.17, 15) is 18.0 Å². The fourth-order valence-electron chi connectivity index (χ4n) is 2.28. The molecule has 0 unspecified atom stereocenters. The van der Waals surface area contributed by atoms with Crippen molar-refractivity contribution in [2.75, 3.05) is 26.2 Å². The summed E-state index contributed by atoms with van der Waals surface area (Å²) in [6.07, 6.45) is -4.43. The van der Waals surface area contributed by atoms with Crippen LogP contribution in [0.2, 0.25) is 0 Å². The summed E-state index contributed by atoms with van der Waals surface area (Å²) in [6, 6.07) is 4.46. The first-order valence-electron chi connectivity index (χ1n) is 6.54. The highest BCUT2D eigenvalue weighted by Crippen LogP contribution is 2.29. The second-order valence-electron chi connectivity index (χ2n) is 5.20. The van der Waals surface area contributed by atoms with Crippen molar-refractivity contribution in [2.45, 2.75) is 13.1 Å². The molecule has 6 heteroatoms. The monoisotopic (exact) mass is 286 g/mol. The fourth-order valence-corrected chi connectivity index (χ4v) is 2.28. The van der Waals surface area contributed by atoms with E-state index in [4.69, 9.17) is 0 Å². The molecule has 0 bridgehead atoms. The maximum absolute atomic E-state index is 12.5. The molecular formula is C14H17F3N2O. The lowest BCUT2D eigenvalue weighted by atomic mass is 10.0. The molecule has 1 aliphatic heterocycles. The number of halogens is 3. The lowest BCUT2D eigenvalue weighted by molar-refractivity contribution is -0.137. The molecule has 1 N–H and O–H groups in total. The Morgan fingerprint density at radius 2 is 2.10 bits per heavy atom. The number of rotatable bonds is 4. The van der Waals surface area contributed by atoms with Crippen LogP contribution in [0.4, 0.5) is 13.2 Å². The van der Waals surface area contributed by atoms with Crippen molar-refractivity contribution in [3.63, 3.8) is 0 Å². The zero-order valence-corrected chi connectivity index (χ0v) is 11.2. The van der Waals surface area contributed by atoms with Gasteiger partial charge in [0.1, 0.15) is 0 Å². The van der Waals surface area contributed by atoms with Crippen molar-refractivity contribution in [1.29, 1.82) is 0 Å². The number of likely N-dealkylation sites (tertiary alicyclic amines) is 1. The summed E-state index contributed by atoms with van der Waals surface area (Å²) in [7, 11) is 0. The Balaban J connectivity index is 1.86. The second-order valence-corrected chi connectivity index (χ2v) is 5.20. The van der Waals surface area contributed by atoms with Gasteiger partial charge in [0, 0.05) is 31.7 Å². The van der Waals surface area contributed by atoms with E-state index in [2.05, 4.69) is 17.1 Å². The number of nitrogens with one attached hydrogen (secondary N) is 1. The molecule has 0 atom stereocenters. The largest absolute Gasteiger partial charge is 0.416 e. The maximum atomic E-state index is 12.5. The topological polar surface area (TPSA) is 32.3 Å². The first-order valence-corrected chi connectivity index (χ1v) is 6.54. The molecule has 1 aliphatic rings. The highest BCUT2D eigenvalue weighted by Gasteiger charge is 2.30. The Bertz CT molecular complexity index is 482. The molecule has 0 saturated carbocycles. The van der Waals surface area contributed by atoms with E-state index in [1.807, 2.05) is 0 Å². The summed E-state index contributed by atoms with van der Waals surface area (Å²) in [5, 5.41) is 2.64. The van der Waals surface area contributed by atoms with Gasteiger partial charge in [0.25, 0.3) is 5.91 Å². The molecular weight excluding hydrogens is 269 g/mol. The Labute approximate surface area is 115 Å². The van der Waals surface area contributed by atoms with Crippen molar-refractivity contribution in [2.24, 2.45) is 5.92 Å². The zero-order chi connectivity index (χ0) is 14.8. The number of carbonyl (C=O) groups is 1. The number of alkyl halides is 3. The minimum absolute atomic E-state index is 0.0387. The van der Waals surface area contributed by atoms with Gasteiger partial charge in [0.15, 0.2) is 0 Å². The van der Waals surface area contributed by atoms with Crippen molar-refractivity contribution in [3.05, 3.63) is 35.4 Å². The Morgan fingerprint density at radius 3 is 2.70 bits per heavy atom. The van der Waals surface area contributed by atoms with Crippen LogP contribution in [0.5, 0.6) is 0 Å². The van der Waals surface area contributed by atoms with Gasteiger partial charge in [0.2, 0.25) is 0 Å². The van der Waals surface area contributed by atoms with Gasteiger partial charge in [-0.05, 0) is 24.1 Å². The van der Waals surface area contributed by atoms with E-state index in [0.29, 0.717) is 12.5 Å². The lowest BCUT2D eigenvalue weighted by Gasteiger charge is -2.37. The molecule has 1 amide bonds. The Hall–Kier alpha value is -1.56. The fraction of sp³-hybridized carbons (Fsp3) is 0.500. The number of carbonyl (C=O) groups excluding carboxylic acids is 1. The van der Waals surface area contributed by atoms with E-state index < -0.39 is 17.6 Å². The van der Waals surface area contributed by atoms with E-state index in [1.54, 1.807) is 0 Å². The third-order valence-electron chi connectivity index (χ3n) is 3.31. The van der Waals surface area contributed by atoms with Gasteiger partial charge in [-0.2, -0.15) is 13.2 Å². The lowest BCUT2D eigenvalue weighted by Crippen LogP contribution is -2.48. The van der Waals surface area contributed by atoms with Crippen molar-refractivity contribution >= 4 is 5.91 Å². The predicted molar refractivity (Wildman–Crippen MR) is 69.4 cm³/mol. The van der Waals surface area contributed by atoms with Crippen LogP contribution in [0.1, 0.15) is 22.8 Å². The highest BCUT2D eigenvalue weighted by molar-refractivity contribution is 5.94. The molecule has 1 heterocycles. The van der Waals surface area contributed by atoms with Crippen LogP contribution in [0.25, 0.3) is 0 Å². The van der Waals surface area contributed by atoms with Crippen LogP contribution in [0, 0.1) is 5.92 Å². The first-order chi connectivity index (χ1) is 9.36. The van der Waals surface area contributed by atoms with Crippen LogP contribution in [-0.2, 0) is 6.18 Å². The highest BCUT2D eigenvalue weighted by atomic mass is 19.4. The SMILES string of the molecule is CC1CN(CCNC(=O)c2cccc(C(F)(F)F)c2)C1. The van der Waals surface area contributed by atoms with Crippen LogP contribution < -0.4 is 5.32 Å². The van der Waals surface area contributed by atoms with E-state index in [1.165, 1.54) is 12.1 Å². The summed E-state index contributed by atoms with van der Waals surface area (Å²) in [4.78, 5) is 14.0. The molecule has 110 valence electrons. The number of benzene rings is 1. The molecule has 0 radical (unpaired) electrons. The van der Waals surface area contributed by atoms with Crippen molar-refractivity contribution in [1.82, 2.24) is 10.2 Å². The minimum Gasteiger partial charge on any atom is -0.351 e. The average Bonchev–Trinajstić information content (AvgIpc) is 2.35. The maximum Gasteiger partial charge on any atom is 0.416 e. The number of hydrogen-bond donors (Lipinski definition) is 1. The first kappa shape index (κ1) is 14.8. The molecule has 0 spiro atoms. The van der Waals surface area contributed by atoms with Crippen molar-refractivity contribution < 1.29 is 18.0 Å². The van der Waals surface area contributed by atoms with Crippen LogP contribution in [-0.4, -0.2) is 37.0 Å². The molecule has 2 rings (SSSR count). The molecule has 1 fully saturated rings. The second kappa shape index (κ2) is 5.83. The standard InChI is InChI=1S/C14H17F3N2O/c1-10-8-19(9-10)6-5-18-13(20)11-3-2-4-12(7-11)14(15,16)17/h2-4,7,10H,5-6,8-9H2,1H3,(H,18,20). The van der Waals surface area contributed by atoms with E-state index in [0.717, 1.165) is 31.8 Å². The van der Waals surface area contributed by atoms with Gasteiger partial charge < -0.3 is 10.2 Å². The molecule has 1 aromatic carbocycles. The minimum atomic E-state index is -4.43. The molecule has 3 nitrogen and oxygen atoms in total. The quantitative estimate of drug-likeness (QED) is 0.921. The van der Waals surface area contributed by atoms with Gasteiger partial charge in [-0.3, -0.25) is 4.79 Å². The number of nitrogens with zero attached hydrogens (tertiary/aromatic N) is 1. The predicted octanol–water partition coefficient (Wildman–Crippen LogP) is 2.39. The Morgan fingerprint density at radius 1 is 1.40 bits per heavy atom. The third kappa shape index (κ3) is 3.72. The van der Waals surface area contributed by atoms with Gasteiger partial charge in [-0.1, -0.05) is 13.0 Å². The molecule has 0 aromatic heterocycles. The summed E-state index contributed by atoms with van der Waals surface area (Å²) >= 11 is 0. The van der Waals surface area contributed by atoms with Crippen LogP contribution in [0.3, 0.4) is 0 Å². The normalized spacial score (nSPS) is 16.8. The van der Waals surface area contributed by atoms with Crippen LogP contribution >= 0.6 is 0 Å². The zero-order valence-electron chi connectivity index (χ0n) is 11.2. The Kier molecular flexibility index (Phi) is 4.32. The van der Waals surface area contributed by atoms with Crippen molar-refractivity contribution in [3.8, 4) is 0 Å². The number of amides is 1.